The molecule has 4 heteroatoms. The van der Waals surface area contributed by atoms with E-state index in [1.165, 1.54) is 82.7 Å². The van der Waals surface area contributed by atoms with Crippen LogP contribution in [-0.4, -0.2) is 16.9 Å². The van der Waals surface area contributed by atoms with Crippen LogP contribution in [0, 0.1) is 0 Å². The third-order valence-corrected chi connectivity index (χ3v) is 13.0. The monoisotopic (exact) mass is 770 g/mol. The lowest BCUT2D eigenvalue weighted by atomic mass is 9.74. The molecule has 1 aromatic heterocycles. The number of aliphatic imine (C=N–C) groups is 1. The Kier molecular flexibility index (Phi) is 7.67. The Morgan fingerprint density at radius 2 is 1.22 bits per heavy atom. The van der Waals surface area contributed by atoms with E-state index < -0.39 is 0 Å². The number of hydrogen-bond donors (Lipinski definition) is 2. The van der Waals surface area contributed by atoms with Gasteiger partial charge in [0.05, 0.1) is 22.4 Å². The van der Waals surface area contributed by atoms with Gasteiger partial charge in [-0.2, -0.15) is 0 Å². The highest BCUT2D eigenvalue weighted by Gasteiger charge is 2.46. The molecular formula is C56H42N4. The first-order chi connectivity index (χ1) is 29.5. The summed E-state index contributed by atoms with van der Waals surface area (Å²) in [4.78, 5) is 5.72. The SMILES string of the molecule is CC1(C)C2=C(NC(c3ccccc3)=NC2c2ccc(-n3c4ccccc4c4cc5ccccc5cc43)c3c2C=CCN3)c2cc(-c3ccccc3)c(-c3ccccc3)cc21. The Morgan fingerprint density at radius 3 is 1.95 bits per heavy atom. The molecule has 0 saturated heterocycles. The van der Waals surface area contributed by atoms with Crippen molar-refractivity contribution >= 4 is 55.9 Å². The number of fused-ring (bicyclic) bond motifs is 7. The topological polar surface area (TPSA) is 41.4 Å². The number of anilines is 1. The van der Waals surface area contributed by atoms with E-state index in [-0.39, 0.29) is 11.5 Å². The number of hydrogen-bond acceptors (Lipinski definition) is 3. The van der Waals surface area contributed by atoms with Gasteiger partial charge in [-0.3, -0.25) is 4.99 Å². The zero-order chi connectivity index (χ0) is 40.0. The third kappa shape index (κ3) is 5.20. The zero-order valence-corrected chi connectivity index (χ0v) is 33.6. The van der Waals surface area contributed by atoms with E-state index in [1.807, 2.05) is 0 Å². The minimum atomic E-state index is -0.335. The minimum Gasteiger partial charge on any atom is -0.379 e. The second-order valence-electron chi connectivity index (χ2n) is 16.8. The first-order valence-electron chi connectivity index (χ1n) is 21.0. The minimum absolute atomic E-state index is 0.242. The number of rotatable bonds is 5. The van der Waals surface area contributed by atoms with Crippen LogP contribution < -0.4 is 10.6 Å². The van der Waals surface area contributed by atoms with Crippen LogP contribution in [0.2, 0.25) is 0 Å². The molecule has 286 valence electrons. The molecule has 3 heterocycles. The van der Waals surface area contributed by atoms with Crippen molar-refractivity contribution in [2.45, 2.75) is 25.3 Å². The number of amidine groups is 1. The predicted octanol–water partition coefficient (Wildman–Crippen LogP) is 13.5. The van der Waals surface area contributed by atoms with Gasteiger partial charge in [-0.05, 0) is 86.1 Å². The quantitative estimate of drug-likeness (QED) is 0.183. The first-order valence-corrected chi connectivity index (χ1v) is 21.0. The maximum Gasteiger partial charge on any atom is 0.133 e. The molecule has 0 fully saturated rings. The molecule has 1 aliphatic carbocycles. The summed E-state index contributed by atoms with van der Waals surface area (Å²) in [6, 6.07) is 63.8. The normalized spacial score (nSPS) is 16.3. The molecule has 4 nitrogen and oxygen atoms in total. The number of nitrogens with one attached hydrogen (secondary N) is 2. The third-order valence-electron chi connectivity index (χ3n) is 13.0. The Hall–Kier alpha value is -7.43. The summed E-state index contributed by atoms with van der Waals surface area (Å²) in [6.07, 6.45) is 4.57. The van der Waals surface area contributed by atoms with Crippen molar-refractivity contribution < 1.29 is 0 Å². The van der Waals surface area contributed by atoms with E-state index >= 15 is 0 Å². The van der Waals surface area contributed by atoms with Gasteiger partial charge in [0.2, 0.25) is 0 Å². The van der Waals surface area contributed by atoms with Crippen molar-refractivity contribution in [3.8, 4) is 27.9 Å². The van der Waals surface area contributed by atoms with Gasteiger partial charge in [0.15, 0.2) is 0 Å². The van der Waals surface area contributed by atoms with Crippen molar-refractivity contribution in [1.82, 2.24) is 9.88 Å². The van der Waals surface area contributed by atoms with Crippen LogP contribution in [0.5, 0.6) is 0 Å². The number of benzene rings is 8. The molecule has 0 radical (unpaired) electrons. The molecule has 2 N–H and O–H groups in total. The second-order valence-corrected chi connectivity index (χ2v) is 16.8. The molecule has 9 aromatic rings. The lowest BCUT2D eigenvalue weighted by molar-refractivity contribution is 0.576. The van der Waals surface area contributed by atoms with E-state index in [1.54, 1.807) is 0 Å². The van der Waals surface area contributed by atoms with Crippen LogP contribution in [0.4, 0.5) is 5.69 Å². The van der Waals surface area contributed by atoms with Gasteiger partial charge < -0.3 is 15.2 Å². The first kappa shape index (κ1) is 34.6. The summed E-state index contributed by atoms with van der Waals surface area (Å²) >= 11 is 0. The van der Waals surface area contributed by atoms with Gasteiger partial charge >= 0.3 is 0 Å². The van der Waals surface area contributed by atoms with Crippen molar-refractivity contribution in [3.05, 3.63) is 215 Å². The Bertz CT molecular complexity index is 3300. The average Bonchev–Trinajstić information content (AvgIpc) is 3.74. The molecule has 0 spiro atoms. The molecule has 0 amide bonds. The molecule has 12 rings (SSSR count). The van der Waals surface area contributed by atoms with Gasteiger partial charge in [-0.25, -0.2) is 0 Å². The molecule has 1 atom stereocenters. The zero-order valence-electron chi connectivity index (χ0n) is 33.6. The van der Waals surface area contributed by atoms with Crippen LogP contribution in [-0.2, 0) is 5.41 Å². The van der Waals surface area contributed by atoms with Crippen molar-refractivity contribution in [2.24, 2.45) is 4.99 Å². The average molecular weight is 771 g/mol. The fourth-order valence-corrected chi connectivity index (χ4v) is 10.2. The largest absolute Gasteiger partial charge is 0.379 e. The number of nitrogens with zero attached hydrogens (tertiary/aromatic N) is 2. The van der Waals surface area contributed by atoms with Gasteiger partial charge in [-0.15, -0.1) is 0 Å². The second kappa shape index (κ2) is 13.3. The summed E-state index contributed by atoms with van der Waals surface area (Å²) in [5.41, 5.74) is 17.7. The molecule has 0 bridgehead atoms. The Balaban J connectivity index is 1.09. The van der Waals surface area contributed by atoms with Gasteiger partial charge in [0.25, 0.3) is 0 Å². The molecule has 60 heavy (non-hydrogen) atoms. The molecule has 2 aliphatic heterocycles. The summed E-state index contributed by atoms with van der Waals surface area (Å²) in [5, 5.41) is 12.8. The van der Waals surface area contributed by atoms with E-state index in [9.17, 15) is 0 Å². The molecule has 0 saturated carbocycles. The van der Waals surface area contributed by atoms with Crippen LogP contribution in [0.25, 0.3) is 72.3 Å². The van der Waals surface area contributed by atoms with Crippen LogP contribution in [0.1, 0.15) is 47.7 Å². The molecule has 3 aliphatic rings. The molecular weight excluding hydrogens is 729 g/mol. The molecule has 1 unspecified atom stereocenters. The number of aromatic nitrogens is 1. The van der Waals surface area contributed by atoms with E-state index in [2.05, 4.69) is 217 Å². The van der Waals surface area contributed by atoms with Gasteiger partial charge in [0.1, 0.15) is 11.9 Å². The van der Waals surface area contributed by atoms with Crippen molar-refractivity contribution in [3.63, 3.8) is 0 Å². The summed E-state index contributed by atoms with van der Waals surface area (Å²) < 4.78 is 2.46. The highest BCUT2D eigenvalue weighted by Crippen LogP contribution is 2.56. The van der Waals surface area contributed by atoms with Crippen LogP contribution in [0.15, 0.2) is 193 Å². The predicted molar refractivity (Wildman–Crippen MR) is 252 cm³/mol. The van der Waals surface area contributed by atoms with Gasteiger partial charge in [-0.1, -0.05) is 166 Å². The Morgan fingerprint density at radius 1 is 0.583 bits per heavy atom. The maximum absolute atomic E-state index is 5.72. The summed E-state index contributed by atoms with van der Waals surface area (Å²) in [6.45, 7) is 5.53. The van der Waals surface area contributed by atoms with Crippen molar-refractivity contribution in [2.75, 3.05) is 11.9 Å². The Labute approximate surface area is 349 Å². The highest BCUT2D eigenvalue weighted by atomic mass is 15.1. The van der Waals surface area contributed by atoms with Crippen LogP contribution >= 0.6 is 0 Å². The van der Waals surface area contributed by atoms with Crippen LogP contribution in [0.3, 0.4) is 0 Å². The standard InChI is InChI=1S/C56H42N4/c1-56(2)47-34-44(36-19-8-4-9-20-36)43(35-17-6-3-7-18-35)33-46(47)54-51(56)53(58-55(59-54)37-21-10-5-11-22-37)42-28-29-49(52-41(42)26-16-30-57-52)60-48-27-15-14-25-40(48)45-31-38-23-12-13-24-39(38)32-50(45)60/h3-29,31-34,53,57H,30H2,1-2H3,(H,58,59). The van der Waals surface area contributed by atoms with Gasteiger partial charge in [0, 0.05) is 45.1 Å². The lowest BCUT2D eigenvalue weighted by Gasteiger charge is -2.34. The summed E-state index contributed by atoms with van der Waals surface area (Å²) in [5.74, 6) is 0.885. The number of para-hydroxylation sites is 1. The van der Waals surface area contributed by atoms with E-state index in [0.29, 0.717) is 0 Å². The lowest BCUT2D eigenvalue weighted by Crippen LogP contribution is -2.32. The highest BCUT2D eigenvalue weighted by molar-refractivity contribution is 6.14. The smallest absolute Gasteiger partial charge is 0.133 e. The molecule has 8 aromatic carbocycles. The maximum atomic E-state index is 5.72. The summed E-state index contributed by atoms with van der Waals surface area (Å²) in [7, 11) is 0. The van der Waals surface area contributed by atoms with Crippen molar-refractivity contribution in [1.29, 1.82) is 0 Å². The fraction of sp³-hybridized carbons (Fsp3) is 0.0893. The van der Waals surface area contributed by atoms with E-state index in [4.69, 9.17) is 4.99 Å². The fourth-order valence-electron chi connectivity index (χ4n) is 10.2. The van der Waals surface area contributed by atoms with E-state index in [0.717, 1.165) is 35.0 Å².